The second-order valence-corrected chi connectivity index (χ2v) is 4.09. The molecule has 2 rings (SSSR count). The molecule has 5 nitrogen and oxygen atoms in total. The van der Waals surface area contributed by atoms with Crippen molar-refractivity contribution in [3.63, 3.8) is 0 Å². The zero-order chi connectivity index (χ0) is 11.4. The number of H-pyrrole nitrogens is 1. The molecule has 0 unspecified atom stereocenters. The number of aromatic nitrogens is 1. The molecule has 1 aliphatic rings. The third kappa shape index (κ3) is 2.48. The molecule has 0 aromatic carbocycles. The van der Waals surface area contributed by atoms with Crippen molar-refractivity contribution in [1.82, 2.24) is 0 Å². The van der Waals surface area contributed by atoms with Crippen molar-refractivity contribution in [2.75, 3.05) is 18.0 Å². The van der Waals surface area contributed by atoms with Gasteiger partial charge in [-0.3, -0.25) is 15.0 Å². The molecule has 1 N–H and O–H groups in total. The highest BCUT2D eigenvalue weighted by molar-refractivity contribution is 5.37. The predicted molar refractivity (Wildman–Crippen MR) is 60.3 cm³/mol. The molecule has 2 heterocycles. The highest BCUT2D eigenvalue weighted by Gasteiger charge is 2.18. The molecule has 5 heteroatoms. The van der Waals surface area contributed by atoms with Gasteiger partial charge in [-0.05, 0) is 25.7 Å². The number of nitrogens with zero attached hydrogens (tertiary/aromatic N) is 2. The Kier molecular flexibility index (Phi) is 3.34. The Bertz CT molecular complexity index is 356. The van der Waals surface area contributed by atoms with Crippen LogP contribution in [-0.4, -0.2) is 18.0 Å². The summed E-state index contributed by atoms with van der Waals surface area (Å²) in [5.74, 6) is 0.979. The lowest BCUT2D eigenvalue weighted by Crippen LogP contribution is -2.29. The molecule has 1 fully saturated rings. The van der Waals surface area contributed by atoms with Gasteiger partial charge in [0.05, 0.1) is 18.0 Å². The second kappa shape index (κ2) is 4.92. The molecular formula is C11H16N3O2+. The van der Waals surface area contributed by atoms with Crippen LogP contribution in [0.2, 0.25) is 0 Å². The van der Waals surface area contributed by atoms with E-state index >= 15 is 0 Å². The van der Waals surface area contributed by atoms with Crippen molar-refractivity contribution in [2.45, 2.75) is 25.7 Å². The van der Waals surface area contributed by atoms with Gasteiger partial charge in [-0.25, -0.2) is 4.98 Å². The summed E-state index contributed by atoms with van der Waals surface area (Å²) < 4.78 is 0. The van der Waals surface area contributed by atoms with Gasteiger partial charge < -0.3 is 0 Å². The molecule has 0 radical (unpaired) electrons. The van der Waals surface area contributed by atoms with Crippen molar-refractivity contribution >= 4 is 11.5 Å². The molecule has 0 saturated carbocycles. The minimum absolute atomic E-state index is 0.110. The summed E-state index contributed by atoms with van der Waals surface area (Å²) >= 11 is 0. The topological polar surface area (TPSA) is 60.5 Å². The zero-order valence-corrected chi connectivity index (χ0v) is 9.19. The van der Waals surface area contributed by atoms with E-state index in [1.807, 2.05) is 0 Å². The molecule has 86 valence electrons. The van der Waals surface area contributed by atoms with Crippen LogP contribution in [0.15, 0.2) is 18.3 Å². The van der Waals surface area contributed by atoms with E-state index in [2.05, 4.69) is 9.88 Å². The standard InChI is InChI=1S/C11H15N3O2/c15-14(16)10-5-6-11(12-9-10)13-7-3-1-2-4-8-13/h5-6,9H,1-4,7-8H2/p+1. The number of anilines is 1. The SMILES string of the molecule is O=[N+]([O-])c1ccc(N2CCCCCC2)[nH+]c1. The zero-order valence-electron chi connectivity index (χ0n) is 9.19. The first-order valence-electron chi connectivity index (χ1n) is 5.68. The largest absolute Gasteiger partial charge is 0.308 e. The third-order valence-corrected chi connectivity index (χ3v) is 2.94. The van der Waals surface area contributed by atoms with E-state index in [0.29, 0.717) is 0 Å². The summed E-state index contributed by atoms with van der Waals surface area (Å²) in [5.41, 5.74) is 0.110. The minimum atomic E-state index is -0.386. The van der Waals surface area contributed by atoms with Crippen LogP contribution in [0.25, 0.3) is 0 Å². The summed E-state index contributed by atoms with van der Waals surface area (Å²) in [6.07, 6.45) is 6.42. The van der Waals surface area contributed by atoms with Crippen molar-refractivity contribution in [3.05, 3.63) is 28.4 Å². The van der Waals surface area contributed by atoms with E-state index in [9.17, 15) is 10.1 Å². The molecule has 1 aliphatic heterocycles. The number of hydrogen-bond acceptors (Lipinski definition) is 3. The van der Waals surface area contributed by atoms with E-state index in [1.54, 1.807) is 12.1 Å². The average Bonchev–Trinajstić information content (AvgIpc) is 2.57. The Hall–Kier alpha value is -1.65. The summed E-state index contributed by atoms with van der Waals surface area (Å²) in [6, 6.07) is 3.35. The van der Waals surface area contributed by atoms with Gasteiger partial charge in [0.1, 0.15) is 0 Å². The van der Waals surface area contributed by atoms with E-state index in [1.165, 1.54) is 31.9 Å². The number of nitrogens with one attached hydrogen (secondary N) is 1. The number of nitro groups is 1. The molecule has 16 heavy (non-hydrogen) atoms. The Morgan fingerprint density at radius 3 is 2.38 bits per heavy atom. The van der Waals surface area contributed by atoms with E-state index in [4.69, 9.17) is 0 Å². The summed E-state index contributed by atoms with van der Waals surface area (Å²) in [5, 5.41) is 10.5. The minimum Gasteiger partial charge on any atom is -0.262 e. The third-order valence-electron chi connectivity index (χ3n) is 2.94. The van der Waals surface area contributed by atoms with Crippen LogP contribution in [0.1, 0.15) is 25.7 Å². The molecule has 1 aromatic rings. The van der Waals surface area contributed by atoms with E-state index in [-0.39, 0.29) is 10.6 Å². The van der Waals surface area contributed by atoms with Gasteiger partial charge in [-0.1, -0.05) is 0 Å². The lowest BCUT2D eigenvalue weighted by Gasteiger charge is -2.12. The Morgan fingerprint density at radius 2 is 1.88 bits per heavy atom. The van der Waals surface area contributed by atoms with Crippen LogP contribution >= 0.6 is 0 Å². The molecule has 0 amide bonds. The van der Waals surface area contributed by atoms with Crippen LogP contribution in [0, 0.1) is 10.1 Å². The van der Waals surface area contributed by atoms with Crippen LogP contribution < -0.4 is 9.88 Å². The highest BCUT2D eigenvalue weighted by atomic mass is 16.6. The van der Waals surface area contributed by atoms with Crippen LogP contribution in [0.5, 0.6) is 0 Å². The van der Waals surface area contributed by atoms with Gasteiger partial charge in [0, 0.05) is 12.1 Å². The van der Waals surface area contributed by atoms with Gasteiger partial charge in [-0.2, -0.15) is 0 Å². The number of pyridine rings is 1. The lowest BCUT2D eigenvalue weighted by molar-refractivity contribution is -0.414. The monoisotopic (exact) mass is 222 g/mol. The van der Waals surface area contributed by atoms with Gasteiger partial charge in [-0.15, -0.1) is 0 Å². The predicted octanol–water partition coefficient (Wildman–Crippen LogP) is 1.79. The average molecular weight is 222 g/mol. The number of rotatable bonds is 2. The quantitative estimate of drug-likeness (QED) is 0.566. The summed E-state index contributed by atoms with van der Waals surface area (Å²) in [4.78, 5) is 15.4. The number of hydrogen-bond donors (Lipinski definition) is 0. The summed E-state index contributed by atoms with van der Waals surface area (Å²) in [6.45, 7) is 2.07. The Balaban J connectivity index is 2.10. The smallest absolute Gasteiger partial charge is 0.262 e. The molecule has 1 saturated heterocycles. The fourth-order valence-corrected chi connectivity index (χ4v) is 2.03. The first-order chi connectivity index (χ1) is 7.77. The normalized spacial score (nSPS) is 16.9. The Morgan fingerprint density at radius 1 is 1.19 bits per heavy atom. The molecule has 0 aliphatic carbocycles. The maximum absolute atomic E-state index is 10.5. The summed E-state index contributed by atoms with van der Waals surface area (Å²) in [7, 11) is 0. The van der Waals surface area contributed by atoms with Crippen molar-refractivity contribution in [3.8, 4) is 0 Å². The molecule has 0 bridgehead atoms. The Labute approximate surface area is 94.2 Å². The second-order valence-electron chi connectivity index (χ2n) is 4.09. The fourth-order valence-electron chi connectivity index (χ4n) is 2.03. The van der Waals surface area contributed by atoms with Crippen LogP contribution in [-0.2, 0) is 0 Å². The fraction of sp³-hybridized carbons (Fsp3) is 0.545. The highest BCUT2D eigenvalue weighted by Crippen LogP contribution is 2.16. The van der Waals surface area contributed by atoms with Gasteiger partial charge in [0.2, 0.25) is 0 Å². The molecule has 0 spiro atoms. The molecule has 0 atom stereocenters. The van der Waals surface area contributed by atoms with Crippen molar-refractivity contribution < 1.29 is 9.91 Å². The maximum atomic E-state index is 10.5. The lowest BCUT2D eigenvalue weighted by atomic mass is 10.2. The van der Waals surface area contributed by atoms with Crippen LogP contribution in [0.3, 0.4) is 0 Å². The first-order valence-corrected chi connectivity index (χ1v) is 5.68. The van der Waals surface area contributed by atoms with Crippen LogP contribution in [0.4, 0.5) is 11.5 Å². The number of aromatic amines is 1. The molecule has 1 aromatic heterocycles. The van der Waals surface area contributed by atoms with E-state index < -0.39 is 0 Å². The molecular weight excluding hydrogens is 206 g/mol. The van der Waals surface area contributed by atoms with Gasteiger partial charge in [0.15, 0.2) is 6.20 Å². The van der Waals surface area contributed by atoms with E-state index in [0.717, 1.165) is 18.9 Å². The maximum Gasteiger partial charge on any atom is 0.308 e. The van der Waals surface area contributed by atoms with Crippen molar-refractivity contribution in [2.24, 2.45) is 0 Å². The van der Waals surface area contributed by atoms with Crippen molar-refractivity contribution in [1.29, 1.82) is 0 Å². The van der Waals surface area contributed by atoms with Gasteiger partial charge >= 0.3 is 5.69 Å². The first kappa shape index (κ1) is 10.9. The van der Waals surface area contributed by atoms with Gasteiger partial charge in [0.25, 0.3) is 5.82 Å².